The van der Waals surface area contributed by atoms with E-state index >= 15 is 0 Å². The van der Waals surface area contributed by atoms with Gasteiger partial charge in [0.1, 0.15) is 0 Å². The van der Waals surface area contributed by atoms with Gasteiger partial charge in [-0.15, -0.1) is 0 Å². The molecule has 0 radical (unpaired) electrons. The second-order valence-electron chi connectivity index (χ2n) is 7.62. The molecule has 0 amide bonds. The average molecular weight is 302 g/mol. The summed E-state index contributed by atoms with van der Waals surface area (Å²) >= 11 is 0. The zero-order valence-electron chi connectivity index (χ0n) is 15.4. The lowest BCUT2D eigenvalue weighted by atomic mass is 9.95. The fourth-order valence-corrected chi connectivity index (χ4v) is 2.74. The van der Waals surface area contributed by atoms with Crippen molar-refractivity contribution >= 4 is 0 Å². The van der Waals surface area contributed by atoms with Crippen molar-refractivity contribution in [2.45, 2.75) is 59.0 Å². The molecular formula is C17H39N3O. The predicted octanol–water partition coefficient (Wildman–Crippen LogP) is 2.04. The SMILES string of the molecule is CC(C)CN(CCCC(C)(CO)NC(C)C)CCN(C)C. The van der Waals surface area contributed by atoms with Crippen LogP contribution in [0.25, 0.3) is 0 Å². The number of hydrogen-bond donors (Lipinski definition) is 2. The highest BCUT2D eigenvalue weighted by atomic mass is 16.3. The summed E-state index contributed by atoms with van der Waals surface area (Å²) < 4.78 is 0. The minimum atomic E-state index is -0.154. The van der Waals surface area contributed by atoms with E-state index in [1.165, 1.54) is 0 Å². The molecule has 0 aromatic rings. The minimum absolute atomic E-state index is 0.154. The molecule has 0 saturated carbocycles. The number of nitrogens with zero attached hydrogens (tertiary/aromatic N) is 2. The van der Waals surface area contributed by atoms with Crippen LogP contribution in [-0.2, 0) is 0 Å². The quantitative estimate of drug-likeness (QED) is 0.578. The summed E-state index contributed by atoms with van der Waals surface area (Å²) in [5.41, 5.74) is -0.154. The number of aliphatic hydroxyl groups excluding tert-OH is 1. The molecule has 0 spiro atoms. The summed E-state index contributed by atoms with van der Waals surface area (Å²) in [6.07, 6.45) is 2.13. The number of hydrogen-bond acceptors (Lipinski definition) is 4. The van der Waals surface area contributed by atoms with E-state index in [0.717, 1.165) is 39.0 Å². The fraction of sp³-hybridized carbons (Fsp3) is 1.00. The van der Waals surface area contributed by atoms with Crippen molar-refractivity contribution in [2.24, 2.45) is 5.92 Å². The molecule has 21 heavy (non-hydrogen) atoms. The number of aliphatic hydroxyl groups is 1. The van der Waals surface area contributed by atoms with Crippen LogP contribution in [0.15, 0.2) is 0 Å². The highest BCUT2D eigenvalue weighted by Gasteiger charge is 2.23. The topological polar surface area (TPSA) is 38.7 Å². The Kier molecular flexibility index (Phi) is 10.5. The highest BCUT2D eigenvalue weighted by Crippen LogP contribution is 2.14. The molecule has 0 aromatic carbocycles. The smallest absolute Gasteiger partial charge is 0.0610 e. The largest absolute Gasteiger partial charge is 0.394 e. The second kappa shape index (κ2) is 10.5. The van der Waals surface area contributed by atoms with Gasteiger partial charge in [0.2, 0.25) is 0 Å². The van der Waals surface area contributed by atoms with Crippen LogP contribution < -0.4 is 5.32 Å². The number of nitrogens with one attached hydrogen (secondary N) is 1. The number of rotatable bonds is 12. The first-order valence-electron chi connectivity index (χ1n) is 8.44. The van der Waals surface area contributed by atoms with Gasteiger partial charge in [0.05, 0.1) is 6.61 Å². The Morgan fingerprint density at radius 3 is 2.10 bits per heavy atom. The Morgan fingerprint density at radius 1 is 1.05 bits per heavy atom. The Hall–Kier alpha value is -0.160. The van der Waals surface area contributed by atoms with Gasteiger partial charge >= 0.3 is 0 Å². The third-order valence-corrected chi connectivity index (χ3v) is 3.68. The summed E-state index contributed by atoms with van der Waals surface area (Å²) in [6, 6.07) is 0.405. The van der Waals surface area contributed by atoms with Crippen molar-refractivity contribution in [3.63, 3.8) is 0 Å². The maximum Gasteiger partial charge on any atom is 0.0610 e. The van der Waals surface area contributed by atoms with Gasteiger partial charge in [0.25, 0.3) is 0 Å². The molecule has 4 nitrogen and oxygen atoms in total. The van der Waals surface area contributed by atoms with Gasteiger partial charge in [-0.2, -0.15) is 0 Å². The summed E-state index contributed by atoms with van der Waals surface area (Å²) in [5, 5.41) is 13.1. The summed E-state index contributed by atoms with van der Waals surface area (Å²) in [6.45, 7) is 15.6. The molecule has 4 heteroatoms. The monoisotopic (exact) mass is 301 g/mol. The van der Waals surface area contributed by atoms with Crippen LogP contribution in [0.4, 0.5) is 0 Å². The lowest BCUT2D eigenvalue weighted by Crippen LogP contribution is -2.49. The molecule has 0 heterocycles. The Labute approximate surface area is 132 Å². The van der Waals surface area contributed by atoms with Gasteiger partial charge < -0.3 is 20.2 Å². The highest BCUT2D eigenvalue weighted by molar-refractivity contribution is 4.84. The second-order valence-corrected chi connectivity index (χ2v) is 7.62. The van der Waals surface area contributed by atoms with Gasteiger partial charge in [-0.1, -0.05) is 27.7 Å². The molecule has 0 aromatic heterocycles. The first-order valence-corrected chi connectivity index (χ1v) is 8.44. The zero-order valence-corrected chi connectivity index (χ0v) is 15.4. The summed E-state index contributed by atoms with van der Waals surface area (Å²) in [5.74, 6) is 0.699. The molecule has 0 bridgehead atoms. The van der Waals surface area contributed by atoms with Crippen molar-refractivity contribution in [1.29, 1.82) is 0 Å². The van der Waals surface area contributed by atoms with Gasteiger partial charge in [-0.3, -0.25) is 0 Å². The van der Waals surface area contributed by atoms with E-state index in [1.54, 1.807) is 0 Å². The predicted molar refractivity (Wildman–Crippen MR) is 92.8 cm³/mol. The van der Waals surface area contributed by atoms with Gasteiger partial charge in [-0.05, 0) is 46.3 Å². The van der Waals surface area contributed by atoms with E-state index in [0.29, 0.717) is 12.0 Å². The third kappa shape index (κ3) is 11.1. The summed E-state index contributed by atoms with van der Waals surface area (Å²) in [7, 11) is 4.26. The van der Waals surface area contributed by atoms with E-state index in [9.17, 15) is 5.11 Å². The lowest BCUT2D eigenvalue weighted by molar-refractivity contribution is 0.144. The molecule has 0 rings (SSSR count). The molecule has 0 aliphatic heterocycles. The van der Waals surface area contributed by atoms with Crippen LogP contribution in [0.2, 0.25) is 0 Å². The van der Waals surface area contributed by atoms with Crippen molar-refractivity contribution < 1.29 is 5.11 Å². The molecule has 0 saturated heterocycles. The normalized spacial score (nSPS) is 15.4. The van der Waals surface area contributed by atoms with Crippen molar-refractivity contribution in [1.82, 2.24) is 15.1 Å². The Balaban J connectivity index is 4.26. The van der Waals surface area contributed by atoms with Crippen LogP contribution in [0.3, 0.4) is 0 Å². The van der Waals surface area contributed by atoms with E-state index in [2.05, 4.69) is 63.8 Å². The first-order chi connectivity index (χ1) is 9.68. The third-order valence-electron chi connectivity index (χ3n) is 3.68. The fourth-order valence-electron chi connectivity index (χ4n) is 2.74. The van der Waals surface area contributed by atoms with Gasteiger partial charge in [0.15, 0.2) is 0 Å². The van der Waals surface area contributed by atoms with Crippen molar-refractivity contribution in [3.8, 4) is 0 Å². The Morgan fingerprint density at radius 2 is 1.67 bits per heavy atom. The van der Waals surface area contributed by atoms with E-state index < -0.39 is 0 Å². The lowest BCUT2D eigenvalue weighted by Gasteiger charge is -2.33. The van der Waals surface area contributed by atoms with Crippen LogP contribution in [0.1, 0.15) is 47.5 Å². The number of likely N-dealkylation sites (N-methyl/N-ethyl adjacent to an activating group) is 1. The van der Waals surface area contributed by atoms with Crippen LogP contribution in [-0.4, -0.2) is 73.4 Å². The van der Waals surface area contributed by atoms with Crippen molar-refractivity contribution in [2.75, 3.05) is 46.9 Å². The van der Waals surface area contributed by atoms with Gasteiger partial charge in [-0.25, -0.2) is 0 Å². The standard InChI is InChI=1S/C17H39N3O/c1-15(2)13-20(12-11-19(6)7)10-8-9-17(5,14-21)18-16(3)4/h15-16,18,21H,8-14H2,1-7H3. The minimum Gasteiger partial charge on any atom is -0.394 e. The summed E-state index contributed by atoms with van der Waals surface area (Å²) in [4.78, 5) is 4.79. The van der Waals surface area contributed by atoms with Gasteiger partial charge in [0, 0.05) is 31.2 Å². The Bertz CT molecular complexity index is 256. The van der Waals surface area contributed by atoms with Crippen LogP contribution in [0, 0.1) is 5.92 Å². The van der Waals surface area contributed by atoms with Crippen molar-refractivity contribution in [3.05, 3.63) is 0 Å². The molecule has 2 N–H and O–H groups in total. The molecule has 0 aliphatic carbocycles. The maximum atomic E-state index is 9.64. The molecule has 128 valence electrons. The zero-order chi connectivity index (χ0) is 16.5. The molecule has 0 fully saturated rings. The maximum absolute atomic E-state index is 9.64. The first kappa shape index (κ1) is 20.8. The van der Waals surface area contributed by atoms with Crippen LogP contribution in [0.5, 0.6) is 0 Å². The molecule has 1 atom stereocenters. The molecular weight excluding hydrogens is 262 g/mol. The molecule has 0 aliphatic rings. The van der Waals surface area contributed by atoms with E-state index in [1.807, 2.05) is 0 Å². The molecule has 1 unspecified atom stereocenters. The average Bonchev–Trinajstić information content (AvgIpc) is 2.34. The van der Waals surface area contributed by atoms with E-state index in [-0.39, 0.29) is 12.1 Å². The van der Waals surface area contributed by atoms with Crippen LogP contribution >= 0.6 is 0 Å². The van der Waals surface area contributed by atoms with E-state index in [4.69, 9.17) is 0 Å².